The van der Waals surface area contributed by atoms with Gasteiger partial charge in [-0.25, -0.2) is 0 Å². The molecule has 3 atom stereocenters. The maximum Gasteiger partial charge on any atom is 0.280 e. The summed E-state index contributed by atoms with van der Waals surface area (Å²) in [4.78, 5) is 20.0. The SMILES string of the molecule is CC(C)(C)[Si](C)(C)OCC1OCC(N2I=Nc3c2nc(N)[nH]c3=O)C1NC(c1ccccc1)(c1ccccc1)c1ccccc1. The Kier molecular flexibility index (Phi) is 8.83. The lowest BCUT2D eigenvalue weighted by Gasteiger charge is -2.43. The lowest BCUT2D eigenvalue weighted by Crippen LogP contribution is -2.59. The predicted molar refractivity (Wildman–Crippen MR) is 191 cm³/mol. The Hall–Kier alpha value is -3.23. The average molecular weight is 737 g/mol. The molecule has 45 heavy (non-hydrogen) atoms. The molecule has 4 N–H and O–H groups in total. The molecule has 0 spiro atoms. The molecular formula is C34H41IN6O3Si. The molecule has 1 saturated heterocycles. The first kappa shape index (κ1) is 31.7. The summed E-state index contributed by atoms with van der Waals surface area (Å²) in [6, 6.07) is 31.3. The van der Waals surface area contributed by atoms with Crippen LogP contribution in [0.4, 0.5) is 17.5 Å². The van der Waals surface area contributed by atoms with E-state index in [4.69, 9.17) is 14.9 Å². The van der Waals surface area contributed by atoms with Crippen LogP contribution in [-0.4, -0.2) is 49.7 Å². The topological polar surface area (TPSA) is 118 Å². The second-order valence-corrected chi connectivity index (χ2v) is 19.9. The van der Waals surface area contributed by atoms with E-state index in [1.54, 1.807) is 0 Å². The molecule has 11 heteroatoms. The molecule has 3 unspecified atom stereocenters. The summed E-state index contributed by atoms with van der Waals surface area (Å²) in [5, 5.41) is 4.24. The number of fused-ring (bicyclic) bond motifs is 1. The Balaban J connectivity index is 1.50. The van der Waals surface area contributed by atoms with Gasteiger partial charge < -0.3 is 14.9 Å². The molecule has 2 aliphatic rings. The summed E-state index contributed by atoms with van der Waals surface area (Å²) < 4.78 is 20.3. The van der Waals surface area contributed by atoms with Gasteiger partial charge in [0.1, 0.15) is 21.3 Å². The third-order valence-electron chi connectivity index (χ3n) is 9.31. The first-order valence-corrected chi connectivity index (χ1v) is 20.1. The summed E-state index contributed by atoms with van der Waals surface area (Å²) >= 11 is -0.935. The Morgan fingerprint density at radius 1 is 0.978 bits per heavy atom. The van der Waals surface area contributed by atoms with Crippen LogP contribution in [0, 0.1) is 0 Å². The number of anilines is 2. The van der Waals surface area contributed by atoms with Crippen molar-refractivity contribution in [3.05, 3.63) is 118 Å². The molecule has 0 aliphatic carbocycles. The van der Waals surface area contributed by atoms with Gasteiger partial charge in [0, 0.05) is 0 Å². The van der Waals surface area contributed by atoms with E-state index in [1.807, 2.05) is 18.2 Å². The quantitative estimate of drug-likeness (QED) is 0.0767. The van der Waals surface area contributed by atoms with Crippen molar-refractivity contribution in [1.82, 2.24) is 15.3 Å². The normalized spacial score (nSPS) is 20.2. The fourth-order valence-electron chi connectivity index (χ4n) is 5.82. The zero-order chi connectivity index (χ0) is 31.8. The number of H-pyrrole nitrogens is 1. The first-order chi connectivity index (χ1) is 21.5. The van der Waals surface area contributed by atoms with Crippen molar-refractivity contribution in [2.75, 3.05) is 22.1 Å². The molecule has 236 valence electrons. The minimum Gasteiger partial charge on any atom is -0.414 e. The molecule has 0 saturated carbocycles. The van der Waals surface area contributed by atoms with Crippen molar-refractivity contribution in [1.29, 1.82) is 0 Å². The van der Waals surface area contributed by atoms with E-state index in [0.29, 0.717) is 24.7 Å². The van der Waals surface area contributed by atoms with E-state index in [2.05, 4.69) is 128 Å². The van der Waals surface area contributed by atoms with Gasteiger partial charge in [0.15, 0.2) is 19.8 Å². The fourth-order valence-corrected chi connectivity index (χ4v) is 9.09. The Morgan fingerprint density at radius 2 is 1.51 bits per heavy atom. The van der Waals surface area contributed by atoms with Crippen molar-refractivity contribution in [2.24, 2.45) is 3.15 Å². The van der Waals surface area contributed by atoms with Crippen molar-refractivity contribution in [3.8, 4) is 0 Å². The molecule has 9 nitrogen and oxygen atoms in total. The molecular weight excluding hydrogens is 695 g/mol. The summed E-state index contributed by atoms with van der Waals surface area (Å²) in [6.07, 6.45) is -0.271. The predicted octanol–water partition coefficient (Wildman–Crippen LogP) is 6.61. The van der Waals surface area contributed by atoms with Crippen LogP contribution in [0.1, 0.15) is 37.5 Å². The number of nitrogens with one attached hydrogen (secondary N) is 2. The number of nitrogen functional groups attached to an aromatic ring is 1. The molecule has 3 aromatic carbocycles. The number of nitrogens with two attached hydrogens (primary N) is 1. The number of halogens is 1. The number of hydrogen-bond donors (Lipinski definition) is 3. The van der Waals surface area contributed by atoms with Gasteiger partial charge in [-0.2, -0.15) is 8.13 Å². The smallest absolute Gasteiger partial charge is 0.280 e. The van der Waals surface area contributed by atoms with E-state index in [-0.39, 0.29) is 34.7 Å². The highest BCUT2D eigenvalue weighted by atomic mass is 127. The lowest BCUT2D eigenvalue weighted by atomic mass is 9.76. The Bertz CT molecular complexity index is 1620. The van der Waals surface area contributed by atoms with Crippen molar-refractivity contribution in [2.45, 2.75) is 62.6 Å². The second-order valence-electron chi connectivity index (χ2n) is 13.1. The lowest BCUT2D eigenvalue weighted by molar-refractivity contribution is 0.0482. The Labute approximate surface area is 276 Å². The molecule has 3 heterocycles. The highest BCUT2D eigenvalue weighted by molar-refractivity contribution is 14.2. The van der Waals surface area contributed by atoms with Gasteiger partial charge in [-0.15, -0.1) is 0 Å². The van der Waals surface area contributed by atoms with E-state index >= 15 is 0 Å². The van der Waals surface area contributed by atoms with Gasteiger partial charge >= 0.3 is 0 Å². The highest BCUT2D eigenvalue weighted by Crippen LogP contribution is 2.45. The minimum absolute atomic E-state index is 0.0521. The zero-order valence-corrected chi connectivity index (χ0v) is 29.5. The zero-order valence-electron chi connectivity index (χ0n) is 26.3. The van der Waals surface area contributed by atoms with E-state index < -0.39 is 35.2 Å². The first-order valence-electron chi connectivity index (χ1n) is 15.3. The highest BCUT2D eigenvalue weighted by Gasteiger charge is 2.50. The monoisotopic (exact) mass is 736 g/mol. The number of ether oxygens (including phenoxy) is 1. The van der Waals surface area contributed by atoms with Crippen LogP contribution in [0.2, 0.25) is 18.1 Å². The molecule has 2 aliphatic heterocycles. The van der Waals surface area contributed by atoms with Gasteiger partial charge in [-0.05, 0) is 34.8 Å². The number of benzene rings is 3. The molecule has 6 rings (SSSR count). The molecule has 1 aromatic heterocycles. The van der Waals surface area contributed by atoms with Crippen LogP contribution in [0.15, 0.2) is 98.9 Å². The van der Waals surface area contributed by atoms with Gasteiger partial charge in [-0.3, -0.25) is 18.2 Å². The molecule has 0 bridgehead atoms. The van der Waals surface area contributed by atoms with Gasteiger partial charge in [-0.1, -0.05) is 112 Å². The van der Waals surface area contributed by atoms with Gasteiger partial charge in [0.25, 0.3) is 5.56 Å². The molecule has 4 aromatic rings. The van der Waals surface area contributed by atoms with Crippen LogP contribution in [0.25, 0.3) is 0 Å². The van der Waals surface area contributed by atoms with Crippen molar-refractivity contribution < 1.29 is 9.16 Å². The third-order valence-corrected chi connectivity index (χ3v) is 16.1. The van der Waals surface area contributed by atoms with E-state index in [9.17, 15) is 4.79 Å². The average Bonchev–Trinajstić information content (AvgIpc) is 3.63. The number of aromatic amines is 1. The Morgan fingerprint density at radius 3 is 2.02 bits per heavy atom. The van der Waals surface area contributed by atoms with Crippen LogP contribution in [0.3, 0.4) is 0 Å². The minimum atomic E-state index is -2.09. The summed E-state index contributed by atoms with van der Waals surface area (Å²) in [5.41, 5.74) is 8.67. The van der Waals surface area contributed by atoms with Crippen molar-refractivity contribution >= 4 is 47.1 Å². The van der Waals surface area contributed by atoms with Crippen LogP contribution < -0.4 is 19.7 Å². The summed E-state index contributed by atoms with van der Waals surface area (Å²) in [5.74, 6) is 0.610. The summed E-state index contributed by atoms with van der Waals surface area (Å²) in [7, 11) is -2.09. The van der Waals surface area contributed by atoms with Gasteiger partial charge in [0.05, 0.1) is 36.9 Å². The van der Waals surface area contributed by atoms with Crippen molar-refractivity contribution in [3.63, 3.8) is 0 Å². The summed E-state index contributed by atoms with van der Waals surface area (Å²) in [6.45, 7) is 12.2. The number of nitrogens with zero attached hydrogens (tertiary/aromatic N) is 3. The van der Waals surface area contributed by atoms with Gasteiger partial charge in [0.2, 0.25) is 5.95 Å². The largest absolute Gasteiger partial charge is 0.414 e. The third kappa shape index (κ3) is 6.03. The molecule has 0 amide bonds. The number of aromatic nitrogens is 2. The van der Waals surface area contributed by atoms with E-state index in [1.165, 1.54) is 0 Å². The van der Waals surface area contributed by atoms with Crippen LogP contribution in [0.5, 0.6) is 0 Å². The maximum absolute atomic E-state index is 12.8. The van der Waals surface area contributed by atoms with E-state index in [0.717, 1.165) is 16.7 Å². The maximum atomic E-state index is 12.8. The molecule has 0 radical (unpaired) electrons. The number of hydrogen-bond acceptors (Lipinski definition) is 8. The standard InChI is InChI=1S/C34H41IN6O3Si/c1-33(2,3)45(4,5)44-22-27-28(26(21-43-27)41-30-29(40-35-41)31(42)38-32(36)37-30)39-34(23-15-9-6-10-16-23,24-17-11-7-12-18-24)25-19-13-8-14-20-25/h6-20,26-28,39H,21-22H2,1-5H3,(H3,36,37,38,42). The second kappa shape index (κ2) is 12.5. The fraction of sp³-hybridized carbons (Fsp3) is 0.353. The molecule has 1 fully saturated rings. The number of rotatable bonds is 9. The van der Waals surface area contributed by atoms with Crippen LogP contribution >= 0.6 is 21.3 Å². The van der Waals surface area contributed by atoms with Crippen LogP contribution in [-0.2, 0) is 14.7 Å².